The second kappa shape index (κ2) is 6.93. The van der Waals surface area contributed by atoms with Gasteiger partial charge in [0.2, 0.25) is 0 Å². The van der Waals surface area contributed by atoms with Crippen molar-refractivity contribution in [2.75, 3.05) is 10.6 Å². The molecule has 1 aliphatic carbocycles. The molecule has 2 aromatic carbocycles. The van der Waals surface area contributed by atoms with Crippen LogP contribution in [0.1, 0.15) is 31.4 Å². The summed E-state index contributed by atoms with van der Waals surface area (Å²) < 4.78 is 0. The number of nitrogens with zero attached hydrogens (tertiary/aromatic N) is 2. The van der Waals surface area contributed by atoms with Gasteiger partial charge in [-0.05, 0) is 25.3 Å². The van der Waals surface area contributed by atoms with Crippen molar-refractivity contribution in [3.8, 4) is 11.4 Å². The van der Waals surface area contributed by atoms with Crippen LogP contribution < -0.4 is 10.6 Å². The molecule has 0 aliphatic heterocycles. The van der Waals surface area contributed by atoms with E-state index in [1.807, 2.05) is 42.5 Å². The Labute approximate surface area is 148 Å². The van der Waals surface area contributed by atoms with Crippen molar-refractivity contribution in [3.63, 3.8) is 0 Å². The summed E-state index contributed by atoms with van der Waals surface area (Å²) in [7, 11) is 0. The van der Waals surface area contributed by atoms with Crippen molar-refractivity contribution < 1.29 is 0 Å². The molecule has 3 aromatic rings. The molecule has 1 aliphatic rings. The number of hydrogen-bond donors (Lipinski definition) is 2. The van der Waals surface area contributed by atoms with E-state index in [2.05, 4.69) is 41.8 Å². The summed E-state index contributed by atoms with van der Waals surface area (Å²) in [5.74, 6) is 2.47. The molecule has 1 heterocycles. The van der Waals surface area contributed by atoms with Gasteiger partial charge in [-0.25, -0.2) is 9.97 Å². The summed E-state index contributed by atoms with van der Waals surface area (Å²) >= 11 is 0. The van der Waals surface area contributed by atoms with Crippen LogP contribution in [0.15, 0.2) is 66.7 Å². The highest BCUT2D eigenvalue weighted by atomic mass is 15.1. The predicted molar refractivity (Wildman–Crippen MR) is 103 cm³/mol. The molecule has 1 atom stereocenters. The molecule has 4 nitrogen and oxygen atoms in total. The minimum absolute atomic E-state index is 0.175. The Morgan fingerprint density at radius 3 is 2.20 bits per heavy atom. The van der Waals surface area contributed by atoms with Gasteiger partial charge in [-0.1, -0.05) is 60.7 Å². The molecule has 0 radical (unpaired) electrons. The van der Waals surface area contributed by atoms with Gasteiger partial charge in [0.25, 0.3) is 0 Å². The van der Waals surface area contributed by atoms with Crippen LogP contribution in [0.2, 0.25) is 0 Å². The lowest BCUT2D eigenvalue weighted by molar-refractivity contribution is 0.872. The fourth-order valence-electron chi connectivity index (χ4n) is 2.80. The summed E-state index contributed by atoms with van der Waals surface area (Å²) in [5.41, 5.74) is 2.26. The van der Waals surface area contributed by atoms with Crippen LogP contribution >= 0.6 is 0 Å². The van der Waals surface area contributed by atoms with Crippen LogP contribution in [-0.4, -0.2) is 16.0 Å². The second-order valence-corrected chi connectivity index (χ2v) is 6.52. The summed E-state index contributed by atoms with van der Waals surface area (Å²) in [5, 5.41) is 7.00. The number of anilines is 2. The molecule has 1 fully saturated rings. The van der Waals surface area contributed by atoms with E-state index in [4.69, 9.17) is 9.97 Å². The second-order valence-electron chi connectivity index (χ2n) is 6.52. The topological polar surface area (TPSA) is 49.8 Å². The molecule has 126 valence electrons. The van der Waals surface area contributed by atoms with E-state index in [0.717, 1.165) is 23.0 Å². The van der Waals surface area contributed by atoms with E-state index in [-0.39, 0.29) is 6.04 Å². The molecular formula is C21H22N4. The van der Waals surface area contributed by atoms with Gasteiger partial charge in [-0.3, -0.25) is 0 Å². The lowest BCUT2D eigenvalue weighted by Crippen LogP contribution is -2.11. The van der Waals surface area contributed by atoms with Crippen LogP contribution in [0.5, 0.6) is 0 Å². The molecule has 1 aromatic heterocycles. The standard InChI is InChI=1S/C21H22N4/c1-15(16-8-4-2-5-9-16)22-19-14-20(23-18-12-13-18)25-21(24-19)17-10-6-3-7-11-17/h2-11,14-15,18H,12-13H2,1H3,(H2,22,23,24,25). The van der Waals surface area contributed by atoms with Gasteiger partial charge in [-0.15, -0.1) is 0 Å². The summed E-state index contributed by atoms with van der Waals surface area (Å²) in [6.45, 7) is 2.15. The average molecular weight is 330 g/mol. The molecule has 4 heteroatoms. The van der Waals surface area contributed by atoms with Crippen LogP contribution in [0.3, 0.4) is 0 Å². The average Bonchev–Trinajstić information content (AvgIpc) is 3.47. The highest BCUT2D eigenvalue weighted by molar-refractivity contribution is 5.61. The van der Waals surface area contributed by atoms with Gasteiger partial charge < -0.3 is 10.6 Å². The largest absolute Gasteiger partial charge is 0.367 e. The Morgan fingerprint density at radius 1 is 0.880 bits per heavy atom. The minimum atomic E-state index is 0.175. The lowest BCUT2D eigenvalue weighted by Gasteiger charge is -2.17. The van der Waals surface area contributed by atoms with Gasteiger partial charge in [0, 0.05) is 23.7 Å². The number of nitrogens with one attached hydrogen (secondary N) is 2. The van der Waals surface area contributed by atoms with Crippen molar-refractivity contribution in [2.24, 2.45) is 0 Å². The normalized spacial score (nSPS) is 14.8. The first-order valence-corrected chi connectivity index (χ1v) is 8.80. The molecule has 0 saturated heterocycles. The summed E-state index contributed by atoms with van der Waals surface area (Å²) in [6, 6.07) is 23.3. The van der Waals surface area contributed by atoms with Crippen molar-refractivity contribution in [3.05, 3.63) is 72.3 Å². The third-order valence-electron chi connectivity index (χ3n) is 4.35. The number of rotatable bonds is 6. The maximum absolute atomic E-state index is 4.73. The Hall–Kier alpha value is -2.88. The first-order valence-electron chi connectivity index (χ1n) is 8.80. The van der Waals surface area contributed by atoms with Crippen LogP contribution in [0.25, 0.3) is 11.4 Å². The number of aromatic nitrogens is 2. The van der Waals surface area contributed by atoms with Gasteiger partial charge in [0.15, 0.2) is 5.82 Å². The highest BCUT2D eigenvalue weighted by Crippen LogP contribution is 2.27. The lowest BCUT2D eigenvalue weighted by atomic mass is 10.1. The Morgan fingerprint density at radius 2 is 1.52 bits per heavy atom. The Kier molecular flexibility index (Phi) is 4.34. The van der Waals surface area contributed by atoms with E-state index < -0.39 is 0 Å². The third-order valence-corrected chi connectivity index (χ3v) is 4.35. The molecular weight excluding hydrogens is 308 g/mol. The maximum Gasteiger partial charge on any atom is 0.163 e. The fraction of sp³-hybridized carbons (Fsp3) is 0.238. The van der Waals surface area contributed by atoms with Crippen LogP contribution in [0, 0.1) is 0 Å². The SMILES string of the molecule is CC(Nc1cc(NC2CC2)nc(-c2ccccc2)n1)c1ccccc1. The van der Waals surface area contributed by atoms with Crippen molar-refractivity contribution in [2.45, 2.75) is 31.8 Å². The molecule has 2 N–H and O–H groups in total. The molecule has 1 unspecified atom stereocenters. The molecule has 0 amide bonds. The Balaban J connectivity index is 1.63. The zero-order chi connectivity index (χ0) is 17.1. The van der Waals surface area contributed by atoms with E-state index in [9.17, 15) is 0 Å². The smallest absolute Gasteiger partial charge is 0.163 e. The van der Waals surface area contributed by atoms with Gasteiger partial charge in [0.05, 0.1) is 0 Å². The predicted octanol–water partition coefficient (Wildman–Crippen LogP) is 4.89. The van der Waals surface area contributed by atoms with Crippen molar-refractivity contribution in [1.29, 1.82) is 0 Å². The van der Waals surface area contributed by atoms with Gasteiger partial charge >= 0.3 is 0 Å². The molecule has 0 bridgehead atoms. The van der Waals surface area contributed by atoms with E-state index >= 15 is 0 Å². The first-order chi connectivity index (χ1) is 12.3. The molecule has 1 saturated carbocycles. The zero-order valence-corrected chi connectivity index (χ0v) is 14.3. The van der Waals surface area contributed by atoms with Gasteiger partial charge in [0.1, 0.15) is 11.6 Å². The quantitative estimate of drug-likeness (QED) is 0.675. The van der Waals surface area contributed by atoms with Gasteiger partial charge in [-0.2, -0.15) is 0 Å². The zero-order valence-electron chi connectivity index (χ0n) is 14.3. The maximum atomic E-state index is 4.73. The minimum Gasteiger partial charge on any atom is -0.367 e. The molecule has 25 heavy (non-hydrogen) atoms. The van der Waals surface area contributed by atoms with Crippen molar-refractivity contribution >= 4 is 11.6 Å². The van der Waals surface area contributed by atoms with E-state index in [1.165, 1.54) is 18.4 Å². The monoisotopic (exact) mass is 330 g/mol. The third kappa shape index (κ3) is 3.97. The summed E-state index contributed by atoms with van der Waals surface area (Å²) in [4.78, 5) is 9.44. The summed E-state index contributed by atoms with van der Waals surface area (Å²) in [6.07, 6.45) is 2.43. The highest BCUT2D eigenvalue weighted by Gasteiger charge is 2.22. The van der Waals surface area contributed by atoms with Crippen LogP contribution in [-0.2, 0) is 0 Å². The number of hydrogen-bond acceptors (Lipinski definition) is 4. The Bertz CT molecular complexity index is 829. The van der Waals surface area contributed by atoms with E-state index in [0.29, 0.717) is 6.04 Å². The van der Waals surface area contributed by atoms with E-state index in [1.54, 1.807) is 0 Å². The molecule has 0 spiro atoms. The number of benzene rings is 2. The molecule has 4 rings (SSSR count). The first kappa shape index (κ1) is 15.6. The van der Waals surface area contributed by atoms with Crippen LogP contribution in [0.4, 0.5) is 11.6 Å². The van der Waals surface area contributed by atoms with Crippen molar-refractivity contribution in [1.82, 2.24) is 9.97 Å². The fourth-order valence-corrected chi connectivity index (χ4v) is 2.80.